The second kappa shape index (κ2) is 3.13. The summed E-state index contributed by atoms with van der Waals surface area (Å²) in [4.78, 5) is 21.9. The maximum atomic E-state index is 11.3. The number of H-pyrrole nitrogens is 1. The number of aromatic amines is 1. The average molecular weight is 195 g/mol. The summed E-state index contributed by atoms with van der Waals surface area (Å²) < 4.78 is 0. The molecule has 0 aromatic carbocycles. The van der Waals surface area contributed by atoms with E-state index in [4.69, 9.17) is 5.11 Å². The highest BCUT2D eigenvalue weighted by Crippen LogP contribution is 2.30. The molecule has 1 aliphatic rings. The summed E-state index contributed by atoms with van der Waals surface area (Å²) in [6.45, 7) is 0. The van der Waals surface area contributed by atoms with Crippen molar-refractivity contribution in [1.29, 1.82) is 0 Å². The zero-order valence-electron chi connectivity index (χ0n) is 7.28. The first-order valence-corrected chi connectivity index (χ1v) is 4.26. The summed E-state index contributed by atoms with van der Waals surface area (Å²) in [5, 5.41) is 17.2. The number of carboxylic acids is 1. The van der Waals surface area contributed by atoms with E-state index in [0.717, 1.165) is 12.8 Å². The molecule has 0 bridgehead atoms. The van der Waals surface area contributed by atoms with Gasteiger partial charge in [0.15, 0.2) is 0 Å². The molecule has 0 unspecified atom stereocenters. The lowest BCUT2D eigenvalue weighted by atomic mass is 10.3. The molecule has 1 fully saturated rings. The number of amides is 1. The highest BCUT2D eigenvalue weighted by Gasteiger charge is 2.30. The van der Waals surface area contributed by atoms with Gasteiger partial charge >= 0.3 is 5.97 Å². The Balaban J connectivity index is 2.11. The van der Waals surface area contributed by atoms with Crippen LogP contribution >= 0.6 is 0 Å². The molecule has 1 aromatic rings. The molecule has 3 N–H and O–H groups in total. The maximum Gasteiger partial charge on any atom is 0.341 e. The molecular weight excluding hydrogens is 186 g/mol. The van der Waals surface area contributed by atoms with Crippen LogP contribution in [0.2, 0.25) is 0 Å². The molecule has 1 heterocycles. The van der Waals surface area contributed by atoms with Crippen LogP contribution in [0.1, 0.15) is 23.2 Å². The molecule has 0 aliphatic heterocycles. The highest BCUT2D eigenvalue weighted by atomic mass is 16.4. The number of carboxylic acid groups (broad SMARTS) is 1. The van der Waals surface area contributed by atoms with E-state index >= 15 is 0 Å². The van der Waals surface area contributed by atoms with Gasteiger partial charge in [0.25, 0.3) is 0 Å². The van der Waals surface area contributed by atoms with Crippen molar-refractivity contribution in [3.8, 4) is 0 Å². The van der Waals surface area contributed by atoms with E-state index in [1.165, 1.54) is 6.20 Å². The summed E-state index contributed by atoms with van der Waals surface area (Å²) in [5.41, 5.74) is -0.0148. The fraction of sp³-hybridized carbons (Fsp3) is 0.375. The smallest absolute Gasteiger partial charge is 0.341 e. The molecule has 1 aliphatic carbocycles. The van der Waals surface area contributed by atoms with E-state index < -0.39 is 5.97 Å². The number of nitrogens with one attached hydrogen (secondary N) is 2. The molecule has 14 heavy (non-hydrogen) atoms. The normalized spacial score (nSPS) is 15.1. The van der Waals surface area contributed by atoms with Gasteiger partial charge in [0.05, 0.1) is 6.20 Å². The molecule has 1 aromatic heterocycles. The van der Waals surface area contributed by atoms with E-state index in [2.05, 4.69) is 15.5 Å². The van der Waals surface area contributed by atoms with Gasteiger partial charge in [-0.1, -0.05) is 0 Å². The standard InChI is InChI=1S/C8H9N3O3/c12-7(4-1-2-4)10-6-5(8(13)14)3-9-11-6/h3-4H,1-2H2,(H,13,14)(H2,9,10,11,12). The van der Waals surface area contributed by atoms with E-state index in [-0.39, 0.29) is 23.2 Å². The van der Waals surface area contributed by atoms with Crippen LogP contribution in [-0.2, 0) is 4.79 Å². The van der Waals surface area contributed by atoms with Crippen molar-refractivity contribution in [1.82, 2.24) is 10.2 Å². The number of rotatable bonds is 3. The van der Waals surface area contributed by atoms with Crippen LogP contribution in [0.4, 0.5) is 5.82 Å². The number of anilines is 1. The Morgan fingerprint density at radius 3 is 2.86 bits per heavy atom. The van der Waals surface area contributed by atoms with Crippen molar-refractivity contribution in [2.75, 3.05) is 5.32 Å². The third kappa shape index (κ3) is 1.59. The average Bonchev–Trinajstić information content (AvgIpc) is 2.87. The minimum atomic E-state index is -1.11. The van der Waals surface area contributed by atoms with Crippen LogP contribution in [0.15, 0.2) is 6.20 Å². The Morgan fingerprint density at radius 1 is 1.57 bits per heavy atom. The van der Waals surface area contributed by atoms with Crippen molar-refractivity contribution < 1.29 is 14.7 Å². The van der Waals surface area contributed by atoms with Crippen molar-refractivity contribution >= 4 is 17.7 Å². The number of carbonyl (C=O) groups excluding carboxylic acids is 1. The fourth-order valence-corrected chi connectivity index (χ4v) is 1.11. The monoisotopic (exact) mass is 195 g/mol. The van der Waals surface area contributed by atoms with Gasteiger partial charge in [-0.05, 0) is 12.8 Å². The zero-order chi connectivity index (χ0) is 10.1. The summed E-state index contributed by atoms with van der Waals surface area (Å²) in [6.07, 6.45) is 2.93. The summed E-state index contributed by atoms with van der Waals surface area (Å²) in [7, 11) is 0. The largest absolute Gasteiger partial charge is 0.477 e. The summed E-state index contributed by atoms with van der Waals surface area (Å²) in [5.74, 6) is -1.05. The number of hydrogen-bond acceptors (Lipinski definition) is 3. The lowest BCUT2D eigenvalue weighted by Gasteiger charge is -2.01. The third-order valence-electron chi connectivity index (χ3n) is 2.07. The Kier molecular flexibility index (Phi) is 1.95. The van der Waals surface area contributed by atoms with Crippen LogP contribution in [0, 0.1) is 5.92 Å². The number of nitrogens with zero attached hydrogens (tertiary/aromatic N) is 1. The molecule has 0 saturated heterocycles. The first kappa shape index (κ1) is 8.74. The number of aromatic carboxylic acids is 1. The fourth-order valence-electron chi connectivity index (χ4n) is 1.11. The SMILES string of the molecule is O=C(O)c1cn[nH]c1NC(=O)C1CC1. The molecule has 0 spiro atoms. The second-order valence-electron chi connectivity index (χ2n) is 3.23. The Bertz CT molecular complexity index is 381. The quantitative estimate of drug-likeness (QED) is 0.652. The van der Waals surface area contributed by atoms with Crippen LogP contribution in [0.25, 0.3) is 0 Å². The van der Waals surface area contributed by atoms with Gasteiger partial charge in [-0.15, -0.1) is 0 Å². The van der Waals surface area contributed by atoms with Crippen LogP contribution in [-0.4, -0.2) is 27.2 Å². The van der Waals surface area contributed by atoms with Gasteiger partial charge in [-0.25, -0.2) is 4.79 Å². The molecular formula is C8H9N3O3. The molecule has 1 saturated carbocycles. The molecule has 6 nitrogen and oxygen atoms in total. The molecule has 1 amide bonds. The van der Waals surface area contributed by atoms with Gasteiger partial charge in [0, 0.05) is 5.92 Å². The Labute approximate surface area is 79.3 Å². The first-order chi connectivity index (χ1) is 6.68. The number of hydrogen-bond donors (Lipinski definition) is 3. The summed E-state index contributed by atoms with van der Waals surface area (Å²) in [6, 6.07) is 0. The van der Waals surface area contributed by atoms with Gasteiger partial charge < -0.3 is 10.4 Å². The summed E-state index contributed by atoms with van der Waals surface area (Å²) >= 11 is 0. The number of aromatic nitrogens is 2. The van der Waals surface area contributed by atoms with Crippen molar-refractivity contribution in [2.45, 2.75) is 12.8 Å². The highest BCUT2D eigenvalue weighted by molar-refractivity contribution is 6.00. The molecule has 0 atom stereocenters. The van der Waals surface area contributed by atoms with Crippen molar-refractivity contribution in [3.05, 3.63) is 11.8 Å². The van der Waals surface area contributed by atoms with Crippen molar-refractivity contribution in [3.63, 3.8) is 0 Å². The van der Waals surface area contributed by atoms with E-state index in [9.17, 15) is 9.59 Å². The molecule has 0 radical (unpaired) electrons. The van der Waals surface area contributed by atoms with E-state index in [1.54, 1.807) is 0 Å². The van der Waals surface area contributed by atoms with Gasteiger partial charge in [0.1, 0.15) is 11.4 Å². The van der Waals surface area contributed by atoms with E-state index in [0.29, 0.717) is 0 Å². The predicted molar refractivity (Wildman–Crippen MR) is 46.9 cm³/mol. The van der Waals surface area contributed by atoms with Crippen LogP contribution < -0.4 is 5.32 Å². The second-order valence-corrected chi connectivity index (χ2v) is 3.23. The van der Waals surface area contributed by atoms with Gasteiger partial charge in [-0.2, -0.15) is 5.10 Å². The minimum absolute atomic E-state index is 0.0148. The third-order valence-corrected chi connectivity index (χ3v) is 2.07. The molecule has 6 heteroatoms. The van der Waals surface area contributed by atoms with Crippen molar-refractivity contribution in [2.24, 2.45) is 5.92 Å². The lowest BCUT2D eigenvalue weighted by molar-refractivity contribution is -0.117. The first-order valence-electron chi connectivity index (χ1n) is 4.26. The number of carbonyl (C=O) groups is 2. The Hall–Kier alpha value is -1.85. The van der Waals surface area contributed by atoms with Crippen LogP contribution in [0.5, 0.6) is 0 Å². The Morgan fingerprint density at radius 2 is 2.29 bits per heavy atom. The minimum Gasteiger partial charge on any atom is -0.477 e. The predicted octanol–water partition coefficient (Wildman–Crippen LogP) is 0.456. The van der Waals surface area contributed by atoms with E-state index in [1.807, 2.05) is 0 Å². The lowest BCUT2D eigenvalue weighted by Crippen LogP contribution is -2.15. The van der Waals surface area contributed by atoms with Crippen LogP contribution in [0.3, 0.4) is 0 Å². The maximum absolute atomic E-state index is 11.3. The topological polar surface area (TPSA) is 95.1 Å². The van der Waals surface area contributed by atoms with Gasteiger partial charge in [-0.3, -0.25) is 9.89 Å². The molecule has 74 valence electrons. The zero-order valence-corrected chi connectivity index (χ0v) is 7.28. The molecule has 2 rings (SSSR count). The van der Waals surface area contributed by atoms with Gasteiger partial charge in [0.2, 0.25) is 5.91 Å².